The van der Waals surface area contributed by atoms with Gasteiger partial charge >= 0.3 is 0 Å². The van der Waals surface area contributed by atoms with Crippen molar-refractivity contribution in [2.24, 2.45) is 5.92 Å². The molecule has 1 aliphatic heterocycles. The number of amides is 1. The van der Waals surface area contributed by atoms with E-state index in [0.717, 1.165) is 23.8 Å². The summed E-state index contributed by atoms with van der Waals surface area (Å²) in [7, 11) is 0. The highest BCUT2D eigenvalue weighted by atomic mass is 35.5. The van der Waals surface area contributed by atoms with E-state index in [1.807, 2.05) is 24.3 Å². The van der Waals surface area contributed by atoms with Gasteiger partial charge in [0.25, 0.3) is 0 Å². The van der Waals surface area contributed by atoms with Crippen LogP contribution in [0.5, 0.6) is 5.75 Å². The van der Waals surface area contributed by atoms with E-state index >= 15 is 0 Å². The van der Waals surface area contributed by atoms with Gasteiger partial charge < -0.3 is 15.4 Å². The fraction of sp³-hybridized carbons (Fsp3) is 0.500. The Morgan fingerprint density at radius 2 is 2.11 bits per heavy atom. The van der Waals surface area contributed by atoms with E-state index < -0.39 is 0 Å². The van der Waals surface area contributed by atoms with Crippen molar-refractivity contribution in [1.29, 1.82) is 0 Å². The number of carbonyl (C=O) groups excluding carboxylic acids is 1. The highest BCUT2D eigenvalue weighted by Gasteiger charge is 2.25. The Morgan fingerprint density at radius 3 is 2.89 bits per heavy atom. The van der Waals surface area contributed by atoms with Crippen LogP contribution in [0.15, 0.2) is 24.3 Å². The molecule has 0 saturated heterocycles. The van der Waals surface area contributed by atoms with Crippen LogP contribution in [-0.2, 0) is 4.79 Å². The van der Waals surface area contributed by atoms with Crippen LogP contribution in [-0.4, -0.2) is 25.6 Å². The van der Waals surface area contributed by atoms with Crippen LogP contribution in [0.25, 0.3) is 0 Å². The molecule has 1 unspecified atom stereocenters. The minimum atomic E-state index is -0.00331. The number of para-hydroxylation sites is 1. The minimum Gasteiger partial charge on any atom is -0.491 e. The lowest BCUT2D eigenvalue weighted by molar-refractivity contribution is -0.121. The Hall–Kier alpha value is -1.26. The monoisotopic (exact) mass is 282 g/mol. The topological polar surface area (TPSA) is 50.4 Å². The van der Waals surface area contributed by atoms with Gasteiger partial charge in [0, 0.05) is 5.56 Å². The molecule has 0 bridgehead atoms. The van der Waals surface area contributed by atoms with Crippen molar-refractivity contribution in [2.75, 3.05) is 19.7 Å². The first-order valence-electron chi connectivity index (χ1n) is 6.55. The quantitative estimate of drug-likeness (QED) is 0.864. The van der Waals surface area contributed by atoms with Crippen LogP contribution in [0.3, 0.4) is 0 Å². The van der Waals surface area contributed by atoms with Gasteiger partial charge in [0.15, 0.2) is 0 Å². The molecule has 1 saturated carbocycles. The van der Waals surface area contributed by atoms with Crippen LogP contribution in [0.4, 0.5) is 0 Å². The maximum absolute atomic E-state index is 11.8. The summed E-state index contributed by atoms with van der Waals surface area (Å²) in [5.74, 6) is 1.73. The van der Waals surface area contributed by atoms with E-state index in [9.17, 15) is 4.79 Å². The zero-order valence-corrected chi connectivity index (χ0v) is 11.5. The van der Waals surface area contributed by atoms with Crippen molar-refractivity contribution in [3.8, 4) is 5.75 Å². The van der Waals surface area contributed by atoms with E-state index in [-0.39, 0.29) is 24.4 Å². The predicted molar refractivity (Wildman–Crippen MR) is 75.7 cm³/mol. The van der Waals surface area contributed by atoms with E-state index in [1.54, 1.807) is 0 Å². The summed E-state index contributed by atoms with van der Waals surface area (Å²) in [6.07, 6.45) is 2.61. The zero-order valence-electron chi connectivity index (χ0n) is 10.7. The molecule has 104 valence electrons. The van der Waals surface area contributed by atoms with Gasteiger partial charge in [-0.1, -0.05) is 18.2 Å². The highest BCUT2D eigenvalue weighted by Crippen LogP contribution is 2.31. The van der Waals surface area contributed by atoms with Gasteiger partial charge in [0.05, 0.1) is 12.6 Å². The fourth-order valence-electron chi connectivity index (χ4n) is 2.24. The lowest BCUT2D eigenvalue weighted by Crippen LogP contribution is -2.37. The Balaban J connectivity index is 0.00000133. The van der Waals surface area contributed by atoms with Crippen molar-refractivity contribution in [1.82, 2.24) is 10.6 Å². The van der Waals surface area contributed by atoms with Crippen LogP contribution < -0.4 is 15.4 Å². The summed E-state index contributed by atoms with van der Waals surface area (Å²) in [6, 6.07) is 7.85. The lowest BCUT2D eigenvalue weighted by Gasteiger charge is -2.12. The van der Waals surface area contributed by atoms with E-state index in [0.29, 0.717) is 13.2 Å². The molecule has 0 spiro atoms. The van der Waals surface area contributed by atoms with Crippen molar-refractivity contribution >= 4 is 18.3 Å². The SMILES string of the molecule is Cl.O=C(CNCC1CC1)NC1COc2ccccc21. The Labute approximate surface area is 119 Å². The Bertz CT molecular complexity index is 449. The van der Waals surface area contributed by atoms with Crippen molar-refractivity contribution < 1.29 is 9.53 Å². The second kappa shape index (κ2) is 6.26. The molecule has 0 radical (unpaired) electrons. The van der Waals surface area contributed by atoms with Crippen molar-refractivity contribution in [3.05, 3.63) is 29.8 Å². The molecule has 1 aliphatic carbocycles. The molecule has 3 rings (SSSR count). The van der Waals surface area contributed by atoms with Crippen LogP contribution in [0, 0.1) is 5.92 Å². The smallest absolute Gasteiger partial charge is 0.234 e. The molecule has 1 amide bonds. The number of fused-ring (bicyclic) bond motifs is 1. The van der Waals surface area contributed by atoms with Crippen molar-refractivity contribution in [2.45, 2.75) is 18.9 Å². The molecule has 1 heterocycles. The van der Waals surface area contributed by atoms with E-state index in [4.69, 9.17) is 4.74 Å². The summed E-state index contributed by atoms with van der Waals surface area (Å²) >= 11 is 0. The Morgan fingerprint density at radius 1 is 1.32 bits per heavy atom. The van der Waals surface area contributed by atoms with Gasteiger partial charge in [-0.25, -0.2) is 0 Å². The second-order valence-electron chi connectivity index (χ2n) is 5.04. The van der Waals surface area contributed by atoms with Gasteiger partial charge in [0.2, 0.25) is 5.91 Å². The molecule has 0 aromatic heterocycles. The van der Waals surface area contributed by atoms with Gasteiger partial charge in [-0.15, -0.1) is 12.4 Å². The number of hydrogen-bond donors (Lipinski definition) is 2. The van der Waals surface area contributed by atoms with Crippen LogP contribution in [0.2, 0.25) is 0 Å². The fourth-order valence-corrected chi connectivity index (χ4v) is 2.24. The average Bonchev–Trinajstić information content (AvgIpc) is 3.11. The first-order valence-corrected chi connectivity index (χ1v) is 6.55. The normalized spacial score (nSPS) is 20.1. The standard InChI is InChI=1S/C14H18N2O2.ClH/c17-14(8-15-7-10-5-6-10)16-12-9-18-13-4-2-1-3-11(12)13;/h1-4,10,12,15H,5-9H2,(H,16,17);1H. The third kappa shape index (κ3) is 3.61. The van der Waals surface area contributed by atoms with E-state index in [1.165, 1.54) is 12.8 Å². The number of rotatable bonds is 5. The number of benzene rings is 1. The number of nitrogens with one attached hydrogen (secondary N) is 2. The van der Waals surface area contributed by atoms with Crippen molar-refractivity contribution in [3.63, 3.8) is 0 Å². The molecule has 2 aliphatic rings. The van der Waals surface area contributed by atoms with E-state index in [2.05, 4.69) is 10.6 Å². The zero-order chi connectivity index (χ0) is 12.4. The third-order valence-corrected chi connectivity index (χ3v) is 3.45. The Kier molecular flexibility index (Phi) is 4.66. The molecule has 1 aromatic rings. The molecular formula is C14H19ClN2O2. The number of ether oxygens (including phenoxy) is 1. The summed E-state index contributed by atoms with van der Waals surface area (Å²) in [4.78, 5) is 11.8. The summed E-state index contributed by atoms with van der Waals surface area (Å²) < 4.78 is 5.53. The molecule has 1 fully saturated rings. The largest absolute Gasteiger partial charge is 0.491 e. The molecule has 19 heavy (non-hydrogen) atoms. The summed E-state index contributed by atoms with van der Waals surface area (Å²) in [5, 5.41) is 6.19. The minimum absolute atomic E-state index is 0. The van der Waals surface area contributed by atoms with Gasteiger partial charge in [-0.05, 0) is 31.4 Å². The van der Waals surface area contributed by atoms with Gasteiger partial charge in [-0.2, -0.15) is 0 Å². The predicted octanol–water partition coefficient (Wildman–Crippen LogP) is 1.66. The third-order valence-electron chi connectivity index (χ3n) is 3.45. The first-order chi connectivity index (χ1) is 8.83. The van der Waals surface area contributed by atoms with Gasteiger partial charge in [0.1, 0.15) is 12.4 Å². The van der Waals surface area contributed by atoms with Crippen LogP contribution in [0.1, 0.15) is 24.4 Å². The average molecular weight is 283 g/mol. The molecule has 5 heteroatoms. The lowest BCUT2D eigenvalue weighted by atomic mass is 10.1. The second-order valence-corrected chi connectivity index (χ2v) is 5.04. The first kappa shape index (κ1) is 14.2. The van der Waals surface area contributed by atoms with Gasteiger partial charge in [-0.3, -0.25) is 4.79 Å². The summed E-state index contributed by atoms with van der Waals surface area (Å²) in [6.45, 7) is 1.90. The molecule has 1 aromatic carbocycles. The number of carbonyl (C=O) groups is 1. The maximum Gasteiger partial charge on any atom is 0.234 e. The van der Waals surface area contributed by atoms with Crippen LogP contribution >= 0.6 is 12.4 Å². The number of halogens is 1. The molecule has 4 nitrogen and oxygen atoms in total. The maximum atomic E-state index is 11.8. The molecular weight excluding hydrogens is 264 g/mol. The summed E-state index contributed by atoms with van der Waals surface area (Å²) in [5.41, 5.74) is 1.08. The molecule has 1 atom stereocenters. The number of hydrogen-bond acceptors (Lipinski definition) is 3. The highest BCUT2D eigenvalue weighted by molar-refractivity contribution is 5.85. The molecule has 2 N–H and O–H groups in total.